The Morgan fingerprint density at radius 1 is 0.526 bits per heavy atom. The van der Waals surface area contributed by atoms with Gasteiger partial charge in [0.1, 0.15) is 5.69 Å². The van der Waals surface area contributed by atoms with Crippen LogP contribution in [0, 0.1) is 13.8 Å². The van der Waals surface area contributed by atoms with Crippen LogP contribution in [-0.2, 0) is 62.2 Å². The highest BCUT2D eigenvalue weighted by Gasteiger charge is 2.47. The molecule has 4 aliphatic rings. The highest BCUT2D eigenvalue weighted by molar-refractivity contribution is 5.71. The third-order valence-electron chi connectivity index (χ3n) is 13.5. The Morgan fingerprint density at radius 2 is 0.982 bits per heavy atom. The van der Waals surface area contributed by atoms with E-state index in [1.807, 2.05) is 19.1 Å². The summed E-state index contributed by atoms with van der Waals surface area (Å²) in [6, 6.07) is 39.1. The summed E-state index contributed by atoms with van der Waals surface area (Å²) in [7, 11) is 0. The lowest BCUT2D eigenvalue weighted by Gasteiger charge is -2.30. The zero-order chi connectivity index (χ0) is 39.6. The van der Waals surface area contributed by atoms with Crippen molar-refractivity contribution in [3.8, 4) is 0 Å². The number of fused-ring (bicyclic) bond motifs is 8. The molecule has 0 saturated carbocycles. The Morgan fingerprint density at radius 3 is 1.56 bits per heavy atom. The third kappa shape index (κ3) is 7.13. The molecule has 2 aromatic heterocycles. The average molecular weight is 752 g/mol. The summed E-state index contributed by atoms with van der Waals surface area (Å²) in [5.41, 5.74) is 28.7. The molecule has 57 heavy (non-hydrogen) atoms. The molecular formula is C53H57N3O. The molecule has 2 atom stereocenters. The molecule has 0 amide bonds. The van der Waals surface area contributed by atoms with Crippen LogP contribution in [0.1, 0.15) is 128 Å². The van der Waals surface area contributed by atoms with Gasteiger partial charge >= 0.3 is 0 Å². The Hall–Kier alpha value is -5.35. The largest absolute Gasteiger partial charge is 0.398 e. The van der Waals surface area contributed by atoms with Crippen molar-refractivity contribution in [2.24, 2.45) is 0 Å². The Labute approximate surface area is 340 Å². The number of aryl methyl sites for hydroxylation is 10. The van der Waals surface area contributed by atoms with Crippen LogP contribution in [0.5, 0.6) is 0 Å². The molecule has 4 nitrogen and oxygen atoms in total. The predicted octanol–water partition coefficient (Wildman–Crippen LogP) is 11.1. The van der Waals surface area contributed by atoms with Gasteiger partial charge in [0.05, 0.1) is 0 Å². The van der Waals surface area contributed by atoms with E-state index in [4.69, 9.17) is 10.7 Å². The maximum absolute atomic E-state index is 10.2. The second-order valence-corrected chi connectivity index (χ2v) is 16.7. The normalized spacial score (nSPS) is 19.2. The Kier molecular flexibility index (Phi) is 11.0. The van der Waals surface area contributed by atoms with Crippen LogP contribution < -0.4 is 5.73 Å². The maximum Gasteiger partial charge on any atom is 0.168 e. The van der Waals surface area contributed by atoms with Crippen LogP contribution in [0.25, 0.3) is 0 Å². The molecule has 10 rings (SSSR count). The minimum Gasteiger partial charge on any atom is -0.398 e. The molecule has 2 spiro atoms. The van der Waals surface area contributed by atoms with Gasteiger partial charge in [0.15, 0.2) is 6.29 Å². The number of anilines is 1. The molecule has 4 aromatic carbocycles. The molecular weight excluding hydrogens is 695 g/mol. The first-order chi connectivity index (χ1) is 27.8. The number of nitrogens with zero attached hydrogens (tertiary/aromatic N) is 2. The molecule has 0 saturated heterocycles. The molecule has 0 radical (unpaired) electrons. The number of aromatic nitrogens is 2. The van der Waals surface area contributed by atoms with Gasteiger partial charge in [-0.1, -0.05) is 92.7 Å². The summed E-state index contributed by atoms with van der Waals surface area (Å²) in [5, 5.41) is 0. The van der Waals surface area contributed by atoms with E-state index in [1.165, 1.54) is 90.6 Å². The van der Waals surface area contributed by atoms with Gasteiger partial charge in [-0.25, -0.2) is 0 Å². The molecule has 0 fully saturated rings. The number of carbonyl (C=O) groups is 1. The SMILES string of the molecule is CCc1cccc(C=O)n1.CCc1cccc(CCc2cccc3c2[C@]2(CCc4cccc(C)c42)CC3)n1.Cc1cccc2c1[C@@]1(CC2)CCc2cccc(N)c21. The Bertz CT molecular complexity index is 2360. The molecule has 0 aliphatic heterocycles. The zero-order valence-corrected chi connectivity index (χ0v) is 34.3. The first-order valence-corrected chi connectivity index (χ1v) is 21.3. The van der Waals surface area contributed by atoms with Crippen molar-refractivity contribution in [1.82, 2.24) is 9.97 Å². The van der Waals surface area contributed by atoms with E-state index in [1.54, 1.807) is 39.4 Å². The van der Waals surface area contributed by atoms with E-state index >= 15 is 0 Å². The number of hydrogen-bond donors (Lipinski definition) is 1. The highest BCUT2D eigenvalue weighted by atomic mass is 16.1. The summed E-state index contributed by atoms with van der Waals surface area (Å²) in [5.74, 6) is 0. The van der Waals surface area contributed by atoms with Crippen LogP contribution in [0.15, 0.2) is 109 Å². The van der Waals surface area contributed by atoms with E-state index in [0.717, 1.165) is 43.4 Å². The van der Waals surface area contributed by atoms with Gasteiger partial charge in [0.25, 0.3) is 0 Å². The summed E-state index contributed by atoms with van der Waals surface area (Å²) >= 11 is 0. The number of benzene rings is 4. The fourth-order valence-electron chi connectivity index (χ4n) is 11.1. The van der Waals surface area contributed by atoms with Crippen molar-refractivity contribution >= 4 is 12.0 Å². The van der Waals surface area contributed by atoms with Gasteiger partial charge < -0.3 is 5.73 Å². The second kappa shape index (κ2) is 16.3. The monoisotopic (exact) mass is 751 g/mol. The number of hydrogen-bond acceptors (Lipinski definition) is 4. The topological polar surface area (TPSA) is 68.9 Å². The van der Waals surface area contributed by atoms with Gasteiger partial charge in [-0.15, -0.1) is 0 Å². The molecule has 4 heteroatoms. The van der Waals surface area contributed by atoms with E-state index < -0.39 is 0 Å². The summed E-state index contributed by atoms with van der Waals surface area (Å²) in [4.78, 5) is 19.1. The number of nitrogens with two attached hydrogens (primary N) is 1. The van der Waals surface area contributed by atoms with E-state index in [2.05, 4.69) is 117 Å². The van der Waals surface area contributed by atoms with Crippen molar-refractivity contribution in [3.05, 3.63) is 193 Å². The van der Waals surface area contributed by atoms with Crippen LogP contribution in [0.4, 0.5) is 5.69 Å². The van der Waals surface area contributed by atoms with Crippen LogP contribution in [0.2, 0.25) is 0 Å². The number of aldehydes is 1. The van der Waals surface area contributed by atoms with Crippen LogP contribution in [0.3, 0.4) is 0 Å². The summed E-state index contributed by atoms with van der Waals surface area (Å²) in [6.45, 7) is 8.76. The van der Waals surface area contributed by atoms with Gasteiger partial charge in [-0.2, -0.15) is 0 Å². The lowest BCUT2D eigenvalue weighted by molar-refractivity contribution is 0.111. The molecule has 6 aromatic rings. The number of pyridine rings is 2. The van der Waals surface area contributed by atoms with E-state index in [-0.39, 0.29) is 10.8 Å². The highest BCUT2D eigenvalue weighted by Crippen LogP contribution is 2.56. The van der Waals surface area contributed by atoms with Crippen molar-refractivity contribution < 1.29 is 4.79 Å². The van der Waals surface area contributed by atoms with Gasteiger partial charge in [-0.05, 0) is 182 Å². The average Bonchev–Trinajstić information content (AvgIpc) is 4.03. The first kappa shape index (κ1) is 38.5. The number of nitrogen functional groups attached to an aromatic ring is 1. The van der Waals surface area contributed by atoms with Crippen molar-refractivity contribution in [3.63, 3.8) is 0 Å². The quantitative estimate of drug-likeness (QED) is 0.136. The Balaban J connectivity index is 0.000000135. The van der Waals surface area contributed by atoms with E-state index in [9.17, 15) is 4.79 Å². The molecule has 290 valence electrons. The minimum atomic E-state index is 0.210. The molecule has 2 heterocycles. The lowest BCUT2D eigenvalue weighted by Crippen LogP contribution is -2.24. The number of carbonyl (C=O) groups excluding carboxylic acids is 1. The van der Waals surface area contributed by atoms with Crippen LogP contribution in [-0.4, -0.2) is 16.3 Å². The van der Waals surface area contributed by atoms with E-state index in [0.29, 0.717) is 5.69 Å². The first-order valence-electron chi connectivity index (χ1n) is 21.3. The number of rotatable bonds is 6. The van der Waals surface area contributed by atoms with Crippen molar-refractivity contribution in [1.29, 1.82) is 0 Å². The molecule has 2 N–H and O–H groups in total. The standard InChI is InChI=1S/C27H29N.C18H19N.C8H9NO/c1-3-23-11-6-12-24(28-23)14-13-20-9-5-10-22-16-18-27(26(20)22)17-15-21-8-4-7-19(2)25(21)27;1-12-4-2-5-13-8-10-18(16(12)13)11-9-14-6-3-7-15(19)17(14)18;1-2-7-4-3-5-8(6-10)9-7/h4-12H,3,13-18H2,1-2H3;2-7H,8-11,19H2,1H3;3-6H,2H2,1H3/t27-;18-;/m11./s1. The minimum absolute atomic E-state index is 0.210. The predicted molar refractivity (Wildman–Crippen MR) is 235 cm³/mol. The van der Waals surface area contributed by atoms with Gasteiger partial charge in [0, 0.05) is 33.6 Å². The van der Waals surface area contributed by atoms with Gasteiger partial charge in [-0.3, -0.25) is 14.8 Å². The van der Waals surface area contributed by atoms with Gasteiger partial charge in [0.2, 0.25) is 0 Å². The molecule has 0 unspecified atom stereocenters. The fourth-order valence-corrected chi connectivity index (χ4v) is 11.1. The molecule has 4 aliphatic carbocycles. The fraction of sp³-hybridized carbons (Fsp3) is 0.340. The second-order valence-electron chi connectivity index (χ2n) is 16.7. The summed E-state index contributed by atoms with van der Waals surface area (Å²) < 4.78 is 0. The third-order valence-corrected chi connectivity index (χ3v) is 13.5. The van der Waals surface area contributed by atoms with Crippen molar-refractivity contribution in [2.45, 2.75) is 116 Å². The van der Waals surface area contributed by atoms with Crippen LogP contribution >= 0.6 is 0 Å². The smallest absolute Gasteiger partial charge is 0.168 e. The van der Waals surface area contributed by atoms with Crippen molar-refractivity contribution in [2.75, 3.05) is 5.73 Å². The summed E-state index contributed by atoms with van der Waals surface area (Å²) in [6.07, 6.45) is 14.6. The maximum atomic E-state index is 10.2. The lowest BCUT2D eigenvalue weighted by atomic mass is 9.73. The molecule has 0 bridgehead atoms. The zero-order valence-electron chi connectivity index (χ0n) is 34.3.